The van der Waals surface area contributed by atoms with E-state index in [2.05, 4.69) is 33.1 Å². The molecule has 0 bridgehead atoms. The van der Waals surface area contributed by atoms with Crippen LogP contribution in [0, 0.1) is 14.9 Å². The molecule has 31 heavy (non-hydrogen) atoms. The van der Waals surface area contributed by atoms with E-state index in [-0.39, 0.29) is 6.61 Å². The lowest BCUT2D eigenvalue weighted by Gasteiger charge is -2.06. The maximum absolute atomic E-state index is 12.2. The summed E-state index contributed by atoms with van der Waals surface area (Å²) >= 11 is 2.08. The molecular formula is C23H16IN3O4. The van der Waals surface area contributed by atoms with Crippen LogP contribution < -0.4 is 14.9 Å². The second-order valence-corrected chi connectivity index (χ2v) is 7.29. The normalized spacial score (nSPS) is 10.3. The lowest BCUT2D eigenvalue weighted by Crippen LogP contribution is -2.24. The van der Waals surface area contributed by atoms with Crippen molar-refractivity contribution in [2.24, 2.45) is 5.10 Å². The van der Waals surface area contributed by atoms with Crippen LogP contribution in [0.3, 0.4) is 0 Å². The molecule has 8 heteroatoms. The molecule has 7 nitrogen and oxygen atoms in total. The first-order valence-electron chi connectivity index (χ1n) is 9.07. The van der Waals surface area contributed by atoms with Gasteiger partial charge in [0.15, 0.2) is 6.61 Å². The number of ether oxygens (including phenoxy) is 2. The zero-order valence-electron chi connectivity index (χ0n) is 16.1. The number of esters is 1. The number of hydrogen-bond acceptors (Lipinski definition) is 6. The average Bonchev–Trinajstić information content (AvgIpc) is 2.79. The summed E-state index contributed by atoms with van der Waals surface area (Å²) in [6.45, 7) is -0.275. The molecule has 0 aliphatic heterocycles. The Hall–Kier alpha value is -3.71. The van der Waals surface area contributed by atoms with Crippen molar-refractivity contribution in [3.63, 3.8) is 0 Å². The molecule has 3 rings (SSSR count). The second kappa shape index (κ2) is 10.9. The van der Waals surface area contributed by atoms with Gasteiger partial charge in [-0.2, -0.15) is 10.4 Å². The van der Waals surface area contributed by atoms with Crippen molar-refractivity contribution in [1.29, 1.82) is 5.26 Å². The molecule has 0 aromatic heterocycles. The van der Waals surface area contributed by atoms with Crippen LogP contribution in [0.15, 0.2) is 77.9 Å². The number of hydrogen-bond donors (Lipinski definition) is 1. The van der Waals surface area contributed by atoms with Gasteiger partial charge in [0.1, 0.15) is 17.6 Å². The predicted octanol–water partition coefficient (Wildman–Crippen LogP) is 3.91. The smallest absolute Gasteiger partial charge is 0.344 e. The van der Waals surface area contributed by atoms with Gasteiger partial charge in [-0.15, -0.1) is 0 Å². The molecular weight excluding hydrogens is 509 g/mol. The summed E-state index contributed by atoms with van der Waals surface area (Å²) in [5, 5.41) is 12.9. The molecule has 1 amide bonds. The number of rotatable bonds is 7. The Labute approximate surface area is 192 Å². The molecule has 0 unspecified atom stereocenters. The van der Waals surface area contributed by atoms with Crippen LogP contribution in [0.25, 0.3) is 0 Å². The number of amides is 1. The Bertz CT molecular complexity index is 1150. The number of nitrogens with zero attached hydrogens (tertiary/aromatic N) is 2. The van der Waals surface area contributed by atoms with Crippen molar-refractivity contribution in [3.8, 4) is 17.6 Å². The highest BCUT2D eigenvalue weighted by atomic mass is 127. The second-order valence-electron chi connectivity index (χ2n) is 6.13. The quantitative estimate of drug-likeness (QED) is 0.166. The van der Waals surface area contributed by atoms with Gasteiger partial charge < -0.3 is 9.47 Å². The number of hydrazone groups is 1. The van der Waals surface area contributed by atoms with E-state index in [0.717, 1.165) is 3.57 Å². The van der Waals surface area contributed by atoms with Crippen molar-refractivity contribution in [2.75, 3.05) is 6.61 Å². The number of para-hydroxylation sites is 1. The summed E-state index contributed by atoms with van der Waals surface area (Å²) in [6.07, 6.45) is 1.45. The lowest BCUT2D eigenvalue weighted by molar-refractivity contribution is -0.123. The van der Waals surface area contributed by atoms with Crippen LogP contribution in [0.1, 0.15) is 21.5 Å². The number of carbonyl (C=O) groups excluding carboxylic acids is 2. The Morgan fingerprint density at radius 3 is 2.48 bits per heavy atom. The molecule has 0 fully saturated rings. The fourth-order valence-electron chi connectivity index (χ4n) is 2.45. The summed E-state index contributed by atoms with van der Waals surface area (Å²) in [5.41, 5.74) is 3.89. The van der Waals surface area contributed by atoms with Gasteiger partial charge in [0.05, 0.1) is 17.3 Å². The molecule has 0 heterocycles. The van der Waals surface area contributed by atoms with Crippen molar-refractivity contribution in [2.45, 2.75) is 0 Å². The van der Waals surface area contributed by atoms with E-state index >= 15 is 0 Å². The van der Waals surface area contributed by atoms with Gasteiger partial charge in [0.2, 0.25) is 0 Å². The SMILES string of the molecule is N#Cc1ccccc1OCC(=O)NN=Cc1ccc(OC(=O)c2ccccc2I)cc1. The molecule has 154 valence electrons. The van der Waals surface area contributed by atoms with Gasteiger partial charge in [-0.25, -0.2) is 10.2 Å². The Kier molecular flexibility index (Phi) is 7.73. The molecule has 3 aromatic carbocycles. The van der Waals surface area contributed by atoms with Crippen molar-refractivity contribution < 1.29 is 19.1 Å². The minimum Gasteiger partial charge on any atom is -0.482 e. The standard InChI is InChI=1S/C23H16IN3O4/c24-20-7-3-2-6-19(20)23(29)31-18-11-9-16(10-12-18)14-26-27-22(28)15-30-21-8-4-1-5-17(21)13-25/h1-12,14H,15H2,(H,27,28). The van der Waals surface area contributed by atoms with Crippen LogP contribution in [-0.4, -0.2) is 24.7 Å². The van der Waals surface area contributed by atoms with E-state index in [0.29, 0.717) is 28.2 Å². The van der Waals surface area contributed by atoms with Gasteiger partial charge in [-0.05, 0) is 76.7 Å². The highest BCUT2D eigenvalue weighted by Crippen LogP contribution is 2.17. The molecule has 0 saturated heterocycles. The predicted molar refractivity (Wildman–Crippen MR) is 123 cm³/mol. The van der Waals surface area contributed by atoms with E-state index in [1.165, 1.54) is 6.21 Å². The van der Waals surface area contributed by atoms with Crippen LogP contribution in [0.4, 0.5) is 0 Å². The average molecular weight is 525 g/mol. The Morgan fingerprint density at radius 1 is 1.03 bits per heavy atom. The fraction of sp³-hybridized carbons (Fsp3) is 0.0435. The number of halogens is 1. The third kappa shape index (κ3) is 6.38. The van der Waals surface area contributed by atoms with Crippen LogP contribution >= 0.6 is 22.6 Å². The molecule has 0 radical (unpaired) electrons. The van der Waals surface area contributed by atoms with Crippen molar-refractivity contribution in [3.05, 3.63) is 93.1 Å². The summed E-state index contributed by atoms with van der Waals surface area (Å²) in [4.78, 5) is 24.1. The lowest BCUT2D eigenvalue weighted by atomic mass is 10.2. The zero-order chi connectivity index (χ0) is 22.1. The van der Waals surface area contributed by atoms with Gasteiger partial charge in [0, 0.05) is 3.57 Å². The highest BCUT2D eigenvalue weighted by molar-refractivity contribution is 14.1. The molecule has 0 aliphatic rings. The van der Waals surface area contributed by atoms with E-state index in [9.17, 15) is 9.59 Å². The number of nitriles is 1. The minimum atomic E-state index is -0.466. The van der Waals surface area contributed by atoms with Gasteiger partial charge in [-0.1, -0.05) is 24.3 Å². The van der Waals surface area contributed by atoms with Crippen LogP contribution in [0.5, 0.6) is 11.5 Å². The molecule has 0 aliphatic carbocycles. The van der Waals surface area contributed by atoms with Crippen LogP contribution in [0.2, 0.25) is 0 Å². The maximum atomic E-state index is 12.2. The first-order valence-corrected chi connectivity index (χ1v) is 10.2. The van der Waals surface area contributed by atoms with Crippen molar-refractivity contribution in [1.82, 2.24) is 5.43 Å². The summed E-state index contributed by atoms with van der Waals surface area (Å²) in [5.74, 6) is -0.168. The minimum absolute atomic E-state index is 0.275. The number of carbonyl (C=O) groups is 2. The Balaban J connectivity index is 1.49. The monoisotopic (exact) mass is 525 g/mol. The van der Waals surface area contributed by atoms with Crippen molar-refractivity contribution >= 4 is 40.7 Å². The highest BCUT2D eigenvalue weighted by Gasteiger charge is 2.11. The number of nitrogens with one attached hydrogen (secondary N) is 1. The number of benzene rings is 3. The summed E-state index contributed by atoms with van der Waals surface area (Å²) in [6, 6.07) is 22.5. The molecule has 0 saturated carbocycles. The van der Waals surface area contributed by atoms with Crippen LogP contribution in [-0.2, 0) is 4.79 Å². The summed E-state index contributed by atoms with van der Waals surface area (Å²) < 4.78 is 11.5. The van der Waals surface area contributed by atoms with E-state index in [1.54, 1.807) is 60.7 Å². The molecule has 3 aromatic rings. The first kappa shape index (κ1) is 22.0. The Morgan fingerprint density at radius 2 is 1.74 bits per heavy atom. The summed E-state index contributed by atoms with van der Waals surface area (Å²) in [7, 11) is 0. The van der Waals surface area contributed by atoms with Gasteiger partial charge in [0.25, 0.3) is 5.91 Å². The third-order valence-electron chi connectivity index (χ3n) is 3.95. The first-order chi connectivity index (χ1) is 15.1. The largest absolute Gasteiger partial charge is 0.482 e. The molecule has 0 spiro atoms. The maximum Gasteiger partial charge on any atom is 0.344 e. The van der Waals surface area contributed by atoms with Gasteiger partial charge in [-0.3, -0.25) is 4.79 Å². The van der Waals surface area contributed by atoms with E-state index in [4.69, 9.17) is 14.7 Å². The molecule has 0 atom stereocenters. The fourth-order valence-corrected chi connectivity index (χ4v) is 3.06. The zero-order valence-corrected chi connectivity index (χ0v) is 18.3. The molecule has 1 N–H and O–H groups in total. The van der Waals surface area contributed by atoms with E-state index in [1.807, 2.05) is 18.2 Å². The topological polar surface area (TPSA) is 101 Å². The third-order valence-corrected chi connectivity index (χ3v) is 4.89. The van der Waals surface area contributed by atoms with E-state index < -0.39 is 11.9 Å². The van der Waals surface area contributed by atoms with Gasteiger partial charge >= 0.3 is 5.97 Å².